The molecule has 0 radical (unpaired) electrons. The molecule has 1 aromatic carbocycles. The van der Waals surface area contributed by atoms with E-state index in [1.165, 1.54) is 15.3 Å². The first-order valence-corrected chi connectivity index (χ1v) is 7.67. The van der Waals surface area contributed by atoms with Gasteiger partial charge in [0.15, 0.2) is 0 Å². The van der Waals surface area contributed by atoms with Gasteiger partial charge in [-0.15, -0.1) is 22.9 Å². The Morgan fingerprint density at radius 3 is 2.50 bits per heavy atom. The summed E-state index contributed by atoms with van der Waals surface area (Å²) in [5.74, 6) is 0.875. The molecule has 0 bridgehead atoms. The summed E-state index contributed by atoms with van der Waals surface area (Å²) in [4.78, 5) is 2.47. The maximum Gasteiger partial charge on any atom is 0.118 e. The summed E-state index contributed by atoms with van der Waals surface area (Å²) < 4.78 is 6.28. The molecule has 2 aromatic rings. The molecule has 1 atom stereocenters. The second-order valence-corrected chi connectivity index (χ2v) is 6.74. The summed E-state index contributed by atoms with van der Waals surface area (Å²) >= 11 is 11.7. The van der Waals surface area contributed by atoms with Gasteiger partial charge in [0.1, 0.15) is 5.75 Å². The van der Waals surface area contributed by atoms with E-state index >= 15 is 0 Å². The van der Waals surface area contributed by atoms with Crippen molar-refractivity contribution in [3.8, 4) is 5.75 Å². The molecule has 0 fully saturated rings. The molecule has 0 spiro atoms. The quantitative estimate of drug-likeness (QED) is 0.679. The van der Waals surface area contributed by atoms with E-state index in [0.29, 0.717) is 0 Å². The second kappa shape index (κ2) is 6.09. The topological polar surface area (TPSA) is 9.23 Å². The lowest BCUT2D eigenvalue weighted by atomic mass is 10.1. The highest BCUT2D eigenvalue weighted by Gasteiger charge is 2.13. The van der Waals surface area contributed by atoms with Crippen molar-refractivity contribution >= 4 is 38.9 Å². The predicted molar refractivity (Wildman–Crippen MR) is 82.0 cm³/mol. The van der Waals surface area contributed by atoms with Crippen molar-refractivity contribution < 1.29 is 4.74 Å². The SMILES string of the molecule is COc1ccc(CC(Cl)c2cc(Br)c(C)s2)cc1. The van der Waals surface area contributed by atoms with Gasteiger partial charge in [0.25, 0.3) is 0 Å². The number of alkyl halides is 1. The molecule has 0 aliphatic rings. The van der Waals surface area contributed by atoms with E-state index in [1.54, 1.807) is 18.4 Å². The summed E-state index contributed by atoms with van der Waals surface area (Å²) in [6.45, 7) is 2.09. The molecule has 18 heavy (non-hydrogen) atoms. The summed E-state index contributed by atoms with van der Waals surface area (Å²) in [7, 11) is 1.67. The highest BCUT2D eigenvalue weighted by molar-refractivity contribution is 9.10. The number of thiophene rings is 1. The molecule has 0 saturated heterocycles. The molecule has 0 aliphatic carbocycles. The molecular formula is C14H14BrClOS. The van der Waals surface area contributed by atoms with Crippen molar-refractivity contribution in [2.45, 2.75) is 18.7 Å². The Bertz CT molecular complexity index is 502. The lowest BCUT2D eigenvalue weighted by Crippen LogP contribution is -1.93. The van der Waals surface area contributed by atoms with Crippen LogP contribution in [0.3, 0.4) is 0 Å². The highest BCUT2D eigenvalue weighted by atomic mass is 79.9. The average Bonchev–Trinajstić information content (AvgIpc) is 2.71. The molecule has 4 heteroatoms. The third-order valence-electron chi connectivity index (χ3n) is 2.76. The van der Waals surface area contributed by atoms with Gasteiger partial charge in [0.05, 0.1) is 12.5 Å². The van der Waals surface area contributed by atoms with E-state index in [2.05, 4.69) is 41.1 Å². The Hall–Kier alpha value is -0.510. The first-order chi connectivity index (χ1) is 8.60. The van der Waals surface area contributed by atoms with E-state index in [-0.39, 0.29) is 5.38 Å². The van der Waals surface area contributed by atoms with E-state index in [4.69, 9.17) is 16.3 Å². The van der Waals surface area contributed by atoms with Crippen molar-refractivity contribution in [1.82, 2.24) is 0 Å². The standard InChI is InChI=1S/C14H14BrClOS/c1-9-12(15)8-14(18-9)13(16)7-10-3-5-11(17-2)6-4-10/h3-6,8,13H,7H2,1-2H3. The molecule has 0 N–H and O–H groups in total. The summed E-state index contributed by atoms with van der Waals surface area (Å²) in [6.07, 6.45) is 0.831. The van der Waals surface area contributed by atoms with Crippen LogP contribution in [0.25, 0.3) is 0 Å². The smallest absolute Gasteiger partial charge is 0.118 e. The van der Waals surface area contributed by atoms with Crippen molar-refractivity contribution in [2.24, 2.45) is 0 Å². The maximum absolute atomic E-state index is 6.46. The van der Waals surface area contributed by atoms with Crippen molar-refractivity contribution in [1.29, 1.82) is 0 Å². The minimum absolute atomic E-state index is 0.0217. The van der Waals surface area contributed by atoms with Crippen LogP contribution in [0.5, 0.6) is 5.75 Å². The van der Waals surface area contributed by atoms with Crippen LogP contribution in [0.15, 0.2) is 34.8 Å². The molecule has 0 saturated carbocycles. The van der Waals surface area contributed by atoms with Gasteiger partial charge in [0, 0.05) is 14.2 Å². The number of rotatable bonds is 4. The van der Waals surface area contributed by atoms with Gasteiger partial charge < -0.3 is 4.74 Å². The minimum atomic E-state index is 0.0217. The number of halogens is 2. The average molecular weight is 346 g/mol. The zero-order valence-corrected chi connectivity index (χ0v) is 13.4. The molecule has 0 aliphatic heterocycles. The summed E-state index contributed by atoms with van der Waals surface area (Å²) in [5.41, 5.74) is 1.22. The molecule has 1 nitrogen and oxygen atoms in total. The number of hydrogen-bond donors (Lipinski definition) is 0. The fourth-order valence-electron chi connectivity index (χ4n) is 1.71. The summed E-state index contributed by atoms with van der Waals surface area (Å²) in [5, 5.41) is 0.0217. The summed E-state index contributed by atoms with van der Waals surface area (Å²) in [6, 6.07) is 10.2. The normalized spacial score (nSPS) is 12.4. The first kappa shape index (κ1) is 13.9. The van der Waals surface area contributed by atoms with Gasteiger partial charge in [-0.2, -0.15) is 0 Å². The van der Waals surface area contributed by atoms with Crippen LogP contribution < -0.4 is 4.74 Å². The van der Waals surface area contributed by atoms with Crippen molar-refractivity contribution in [3.05, 3.63) is 50.1 Å². The molecule has 96 valence electrons. The second-order valence-electron chi connectivity index (χ2n) is 4.07. The zero-order chi connectivity index (χ0) is 13.1. The van der Waals surface area contributed by atoms with Gasteiger partial charge in [-0.1, -0.05) is 12.1 Å². The van der Waals surface area contributed by atoms with Gasteiger partial charge in [-0.25, -0.2) is 0 Å². The Morgan fingerprint density at radius 2 is 2.00 bits per heavy atom. The predicted octanol–water partition coefficient (Wildman–Crippen LogP) is 5.35. The Morgan fingerprint density at radius 1 is 1.33 bits per heavy atom. The third-order valence-corrected chi connectivity index (χ3v) is 5.53. The number of benzene rings is 1. The van der Waals surface area contributed by atoms with E-state index < -0.39 is 0 Å². The van der Waals surface area contributed by atoms with Crippen LogP contribution in [-0.2, 0) is 6.42 Å². The molecule has 2 rings (SSSR count). The van der Waals surface area contributed by atoms with Gasteiger partial charge in [-0.3, -0.25) is 0 Å². The Labute approximate surface area is 125 Å². The lowest BCUT2D eigenvalue weighted by Gasteiger charge is -2.08. The fraction of sp³-hybridized carbons (Fsp3) is 0.286. The van der Waals surface area contributed by atoms with Gasteiger partial charge in [-0.05, 0) is 53.0 Å². The largest absolute Gasteiger partial charge is 0.497 e. The minimum Gasteiger partial charge on any atom is -0.497 e. The Kier molecular flexibility index (Phi) is 4.71. The van der Waals surface area contributed by atoms with Crippen LogP contribution >= 0.6 is 38.9 Å². The van der Waals surface area contributed by atoms with Crippen LogP contribution in [-0.4, -0.2) is 7.11 Å². The van der Waals surface area contributed by atoms with Crippen LogP contribution in [0.4, 0.5) is 0 Å². The fourth-order valence-corrected chi connectivity index (χ4v) is 3.62. The first-order valence-electron chi connectivity index (χ1n) is 5.63. The van der Waals surface area contributed by atoms with Gasteiger partial charge >= 0.3 is 0 Å². The van der Waals surface area contributed by atoms with E-state index in [0.717, 1.165) is 16.6 Å². The molecule has 1 aromatic heterocycles. The zero-order valence-electron chi connectivity index (χ0n) is 10.2. The van der Waals surface area contributed by atoms with E-state index in [1.807, 2.05) is 12.1 Å². The van der Waals surface area contributed by atoms with Crippen LogP contribution in [0.1, 0.15) is 20.7 Å². The highest BCUT2D eigenvalue weighted by Crippen LogP contribution is 2.35. The van der Waals surface area contributed by atoms with E-state index in [9.17, 15) is 0 Å². The molecule has 1 unspecified atom stereocenters. The molecular weight excluding hydrogens is 332 g/mol. The number of aryl methyl sites for hydroxylation is 1. The monoisotopic (exact) mass is 344 g/mol. The van der Waals surface area contributed by atoms with Crippen LogP contribution in [0.2, 0.25) is 0 Å². The molecule has 0 amide bonds. The number of ether oxygens (including phenoxy) is 1. The van der Waals surface area contributed by atoms with Crippen molar-refractivity contribution in [3.63, 3.8) is 0 Å². The van der Waals surface area contributed by atoms with Crippen LogP contribution in [0, 0.1) is 6.92 Å². The Balaban J connectivity index is 2.08. The number of methoxy groups -OCH3 is 1. The van der Waals surface area contributed by atoms with Gasteiger partial charge in [0.2, 0.25) is 0 Å². The van der Waals surface area contributed by atoms with Crippen molar-refractivity contribution in [2.75, 3.05) is 7.11 Å². The third kappa shape index (κ3) is 3.28. The molecule has 1 heterocycles. The number of hydrogen-bond acceptors (Lipinski definition) is 2. The lowest BCUT2D eigenvalue weighted by molar-refractivity contribution is 0.414. The maximum atomic E-state index is 6.46.